The first kappa shape index (κ1) is 22.1. The SMILES string of the molecule is CCC1(COC(C)=O)COC2(CC(C)(C)N(CC(=O)OC)C(C)(C)C2)OC1. The van der Waals surface area contributed by atoms with Gasteiger partial charge in [0.15, 0.2) is 5.79 Å². The van der Waals surface area contributed by atoms with Crippen molar-refractivity contribution in [2.75, 3.05) is 33.5 Å². The Morgan fingerprint density at radius 2 is 1.56 bits per heavy atom. The van der Waals surface area contributed by atoms with Gasteiger partial charge in [0.05, 0.1) is 32.3 Å². The second kappa shape index (κ2) is 7.68. The van der Waals surface area contributed by atoms with Crippen LogP contribution in [0.25, 0.3) is 0 Å². The summed E-state index contributed by atoms with van der Waals surface area (Å²) in [5.74, 6) is -1.24. The van der Waals surface area contributed by atoms with Crippen molar-refractivity contribution < 1.29 is 28.5 Å². The minimum absolute atomic E-state index is 0.234. The fourth-order valence-corrected chi connectivity index (χ4v) is 4.51. The third-order valence-electron chi connectivity index (χ3n) is 5.99. The van der Waals surface area contributed by atoms with E-state index in [1.54, 1.807) is 0 Å². The maximum Gasteiger partial charge on any atom is 0.319 e. The summed E-state index contributed by atoms with van der Waals surface area (Å²) in [6.45, 7) is 13.4. The van der Waals surface area contributed by atoms with Crippen LogP contribution in [0.4, 0.5) is 0 Å². The molecule has 7 nitrogen and oxygen atoms in total. The molecule has 2 aliphatic heterocycles. The molecule has 156 valence electrons. The quantitative estimate of drug-likeness (QED) is 0.673. The van der Waals surface area contributed by atoms with Crippen LogP contribution < -0.4 is 0 Å². The molecular formula is C20H35NO6. The first-order chi connectivity index (χ1) is 12.4. The number of carbonyl (C=O) groups excluding carboxylic acids is 2. The molecule has 0 bridgehead atoms. The molecular weight excluding hydrogens is 350 g/mol. The Kier molecular flexibility index (Phi) is 6.29. The number of carbonyl (C=O) groups is 2. The van der Waals surface area contributed by atoms with E-state index >= 15 is 0 Å². The second-order valence-corrected chi connectivity index (χ2v) is 9.26. The highest BCUT2D eigenvalue weighted by molar-refractivity contribution is 5.71. The smallest absolute Gasteiger partial charge is 0.319 e. The minimum atomic E-state index is -0.700. The van der Waals surface area contributed by atoms with E-state index in [0.29, 0.717) is 32.7 Å². The van der Waals surface area contributed by atoms with Crippen LogP contribution in [0, 0.1) is 5.41 Å². The van der Waals surface area contributed by atoms with Gasteiger partial charge in [-0.05, 0) is 34.1 Å². The van der Waals surface area contributed by atoms with E-state index < -0.39 is 5.79 Å². The van der Waals surface area contributed by atoms with Crippen LogP contribution in [0.3, 0.4) is 0 Å². The van der Waals surface area contributed by atoms with E-state index in [1.165, 1.54) is 14.0 Å². The normalized spacial score (nSPS) is 25.7. The lowest BCUT2D eigenvalue weighted by Crippen LogP contribution is -2.69. The van der Waals surface area contributed by atoms with Gasteiger partial charge in [0.2, 0.25) is 0 Å². The lowest BCUT2D eigenvalue weighted by Gasteiger charge is -2.60. The average molecular weight is 386 g/mol. The summed E-state index contributed by atoms with van der Waals surface area (Å²) in [6.07, 6.45) is 2.10. The highest BCUT2D eigenvalue weighted by Gasteiger charge is 2.57. The van der Waals surface area contributed by atoms with Crippen molar-refractivity contribution in [2.45, 2.75) is 77.7 Å². The van der Waals surface area contributed by atoms with E-state index in [2.05, 4.69) is 39.5 Å². The largest absolute Gasteiger partial charge is 0.468 e. The van der Waals surface area contributed by atoms with Crippen LogP contribution in [-0.2, 0) is 28.5 Å². The molecule has 2 heterocycles. The van der Waals surface area contributed by atoms with Crippen molar-refractivity contribution >= 4 is 11.9 Å². The molecule has 1 spiro atoms. The zero-order chi connectivity index (χ0) is 20.5. The lowest BCUT2D eigenvalue weighted by atomic mass is 9.74. The highest BCUT2D eigenvalue weighted by atomic mass is 16.7. The van der Waals surface area contributed by atoms with Crippen LogP contribution in [0.2, 0.25) is 0 Å². The highest BCUT2D eigenvalue weighted by Crippen LogP contribution is 2.48. The van der Waals surface area contributed by atoms with E-state index in [1.807, 2.05) is 0 Å². The number of likely N-dealkylation sites (tertiary alicyclic amines) is 1. The third-order valence-corrected chi connectivity index (χ3v) is 5.99. The van der Waals surface area contributed by atoms with Gasteiger partial charge in [-0.1, -0.05) is 6.92 Å². The number of hydrogen-bond donors (Lipinski definition) is 0. The predicted octanol–water partition coefficient (Wildman–Crippen LogP) is 2.52. The first-order valence-corrected chi connectivity index (χ1v) is 9.65. The summed E-state index contributed by atoms with van der Waals surface area (Å²) in [5, 5.41) is 0. The molecule has 0 aromatic rings. The summed E-state index contributed by atoms with van der Waals surface area (Å²) in [7, 11) is 1.41. The standard InChI is InChI=1S/C20H35NO6/c1-8-19(12-25-15(2)22)13-26-20(27-14-19)10-17(3,4)21(9-16(23)24-7)18(5,6)11-20/h8-14H2,1-7H3. The zero-order valence-corrected chi connectivity index (χ0v) is 17.8. The third kappa shape index (κ3) is 4.81. The Bertz CT molecular complexity index is 543. The number of hydrogen-bond acceptors (Lipinski definition) is 7. The summed E-state index contributed by atoms with van der Waals surface area (Å²) in [4.78, 5) is 25.3. The van der Waals surface area contributed by atoms with E-state index in [-0.39, 0.29) is 35.0 Å². The maximum absolute atomic E-state index is 11.9. The van der Waals surface area contributed by atoms with Crippen LogP contribution >= 0.6 is 0 Å². The fourth-order valence-electron chi connectivity index (χ4n) is 4.51. The molecule has 27 heavy (non-hydrogen) atoms. The Morgan fingerprint density at radius 1 is 1.04 bits per heavy atom. The van der Waals surface area contributed by atoms with Gasteiger partial charge in [-0.2, -0.15) is 0 Å². The Morgan fingerprint density at radius 3 is 1.96 bits per heavy atom. The van der Waals surface area contributed by atoms with Crippen LogP contribution in [-0.4, -0.2) is 67.2 Å². The van der Waals surface area contributed by atoms with Crippen molar-refractivity contribution in [3.63, 3.8) is 0 Å². The van der Waals surface area contributed by atoms with Gasteiger partial charge in [-0.25, -0.2) is 0 Å². The van der Waals surface area contributed by atoms with Crippen molar-refractivity contribution in [1.29, 1.82) is 0 Å². The van der Waals surface area contributed by atoms with Gasteiger partial charge in [-0.15, -0.1) is 0 Å². The molecule has 0 radical (unpaired) electrons. The van der Waals surface area contributed by atoms with Gasteiger partial charge in [0, 0.05) is 30.8 Å². The molecule has 2 aliphatic rings. The van der Waals surface area contributed by atoms with E-state index in [0.717, 1.165) is 6.42 Å². The molecule has 7 heteroatoms. The van der Waals surface area contributed by atoms with Gasteiger partial charge in [0.1, 0.15) is 6.61 Å². The van der Waals surface area contributed by atoms with E-state index in [9.17, 15) is 9.59 Å². The van der Waals surface area contributed by atoms with Gasteiger partial charge < -0.3 is 18.9 Å². The predicted molar refractivity (Wildman–Crippen MR) is 100 cm³/mol. The topological polar surface area (TPSA) is 74.3 Å². The molecule has 0 aromatic heterocycles. The van der Waals surface area contributed by atoms with Gasteiger partial charge >= 0.3 is 11.9 Å². The van der Waals surface area contributed by atoms with Crippen molar-refractivity contribution in [3.05, 3.63) is 0 Å². The number of nitrogens with zero attached hydrogens (tertiary/aromatic N) is 1. The Labute approximate surface area is 162 Å². The first-order valence-electron chi connectivity index (χ1n) is 9.65. The maximum atomic E-state index is 11.9. The zero-order valence-electron chi connectivity index (χ0n) is 17.8. The molecule has 2 saturated heterocycles. The van der Waals surface area contributed by atoms with Gasteiger partial charge in [-0.3, -0.25) is 14.5 Å². The summed E-state index contributed by atoms with van der Waals surface area (Å²) in [5.41, 5.74) is -0.926. The molecule has 2 rings (SSSR count). The number of methoxy groups -OCH3 is 1. The van der Waals surface area contributed by atoms with Crippen LogP contribution in [0.5, 0.6) is 0 Å². The van der Waals surface area contributed by atoms with Crippen molar-refractivity contribution in [3.8, 4) is 0 Å². The van der Waals surface area contributed by atoms with Crippen LogP contribution in [0.15, 0.2) is 0 Å². The molecule has 0 amide bonds. The van der Waals surface area contributed by atoms with Gasteiger partial charge in [0.25, 0.3) is 0 Å². The fraction of sp³-hybridized carbons (Fsp3) is 0.900. The number of esters is 2. The molecule has 0 unspecified atom stereocenters. The Hall–Kier alpha value is -1.18. The molecule has 0 saturated carbocycles. The van der Waals surface area contributed by atoms with Crippen molar-refractivity contribution in [1.82, 2.24) is 4.90 Å². The lowest BCUT2D eigenvalue weighted by molar-refractivity contribution is -0.345. The summed E-state index contributed by atoms with van der Waals surface area (Å²) in [6, 6.07) is 0. The number of ether oxygens (including phenoxy) is 4. The number of rotatable bonds is 5. The van der Waals surface area contributed by atoms with E-state index in [4.69, 9.17) is 18.9 Å². The van der Waals surface area contributed by atoms with Crippen LogP contribution in [0.1, 0.15) is 60.8 Å². The summed E-state index contributed by atoms with van der Waals surface area (Å²) >= 11 is 0. The molecule has 0 atom stereocenters. The minimum Gasteiger partial charge on any atom is -0.468 e. The monoisotopic (exact) mass is 385 g/mol. The Balaban J connectivity index is 2.15. The second-order valence-electron chi connectivity index (χ2n) is 9.26. The summed E-state index contributed by atoms with van der Waals surface area (Å²) < 4.78 is 22.8. The molecule has 0 aromatic carbocycles. The molecule has 0 N–H and O–H groups in total. The number of piperidine rings is 1. The molecule has 2 fully saturated rings. The molecule has 0 aliphatic carbocycles. The average Bonchev–Trinajstić information content (AvgIpc) is 2.57. The van der Waals surface area contributed by atoms with Crippen molar-refractivity contribution in [2.24, 2.45) is 5.41 Å².